The zero-order valence-corrected chi connectivity index (χ0v) is 6.81. The third-order valence-electron chi connectivity index (χ3n) is 0. The molecule has 0 bridgehead atoms. The van der Waals surface area contributed by atoms with Gasteiger partial charge in [0.2, 0.25) is 0 Å². The van der Waals surface area contributed by atoms with Gasteiger partial charge >= 0.3 is 0 Å². The first-order valence-corrected chi connectivity index (χ1v) is 5.98. The molecule has 0 fully saturated rings. The summed E-state index contributed by atoms with van der Waals surface area (Å²) in [6, 6.07) is 0. The number of hydrogen-bond acceptors (Lipinski definition) is 0. The number of rotatable bonds is 0. The zero-order chi connectivity index (χ0) is 6.28. The second-order valence-corrected chi connectivity index (χ2v) is 5.48. The summed E-state index contributed by atoms with van der Waals surface area (Å²) in [6.07, 6.45) is 4.60. The van der Waals surface area contributed by atoms with Crippen LogP contribution in [0.2, 0.25) is 19.6 Å². The van der Waals surface area contributed by atoms with Crippen molar-refractivity contribution in [1.29, 1.82) is 0 Å². The maximum absolute atomic E-state index is 4.60. The fourth-order valence-electron chi connectivity index (χ4n) is 0. The van der Waals surface area contributed by atoms with E-state index in [9.17, 15) is 0 Å². The van der Waals surface area contributed by atoms with Crippen LogP contribution in [0.4, 0.5) is 0 Å². The van der Waals surface area contributed by atoms with Crippen LogP contribution in [0.1, 0.15) is 6.92 Å². The topological polar surface area (TPSA) is 0 Å². The maximum atomic E-state index is 4.60. The monoisotopic (exact) mass is 114 g/mol. The van der Waals surface area contributed by atoms with Gasteiger partial charge in [-0.1, -0.05) is 19.6 Å². The van der Waals surface area contributed by atoms with E-state index in [0.29, 0.717) is 0 Å². The molecule has 0 atom stereocenters. The van der Waals surface area contributed by atoms with Gasteiger partial charge in [0, 0.05) is 8.80 Å². The summed E-state index contributed by atoms with van der Waals surface area (Å²) in [5, 5.41) is 0. The molecule has 0 aromatic rings. The van der Waals surface area contributed by atoms with Crippen LogP contribution in [-0.4, -0.2) is 8.80 Å². The Morgan fingerprint density at radius 1 is 1.29 bits per heavy atom. The molecular formula is C6H14Si. The highest BCUT2D eigenvalue weighted by atomic mass is 28.3. The minimum atomic E-state index is -0.139. The highest BCUT2D eigenvalue weighted by molar-refractivity contribution is 6.54. The molecule has 0 aliphatic rings. The lowest BCUT2D eigenvalue weighted by atomic mass is 10.9. The van der Waals surface area contributed by atoms with Crippen LogP contribution >= 0.6 is 0 Å². The van der Waals surface area contributed by atoms with Gasteiger partial charge in [0.1, 0.15) is 0 Å². The minimum absolute atomic E-state index is 0.139. The SMILES string of the molecule is C#CC.C[SiH](C)C. The predicted molar refractivity (Wildman–Crippen MR) is 39.2 cm³/mol. The van der Waals surface area contributed by atoms with Crippen LogP contribution < -0.4 is 0 Å². The second kappa shape index (κ2) is 9.24. The molecule has 0 aromatic heterocycles. The van der Waals surface area contributed by atoms with Gasteiger partial charge in [-0.3, -0.25) is 0 Å². The summed E-state index contributed by atoms with van der Waals surface area (Å²) in [5.41, 5.74) is 0. The summed E-state index contributed by atoms with van der Waals surface area (Å²) in [4.78, 5) is 0. The Kier molecular flexibility index (Phi) is 13.1. The predicted octanol–water partition coefficient (Wildman–Crippen LogP) is 1.74. The molecule has 0 aliphatic heterocycles. The summed E-state index contributed by atoms with van der Waals surface area (Å²) in [7, 11) is -0.139. The van der Waals surface area contributed by atoms with Crippen molar-refractivity contribution in [1.82, 2.24) is 0 Å². The molecule has 42 valence electrons. The summed E-state index contributed by atoms with van der Waals surface area (Å²) < 4.78 is 0. The fourth-order valence-corrected chi connectivity index (χ4v) is 0. The molecular weight excluding hydrogens is 100 g/mol. The van der Waals surface area contributed by atoms with E-state index in [1.54, 1.807) is 6.92 Å². The average Bonchev–Trinajstić information content (AvgIpc) is 1.33. The molecule has 7 heavy (non-hydrogen) atoms. The molecule has 0 spiro atoms. The lowest BCUT2D eigenvalue weighted by Gasteiger charge is -1.75. The Bertz CT molecular complexity index is 46.9. The summed E-state index contributed by atoms with van der Waals surface area (Å²) >= 11 is 0. The molecule has 1 heteroatoms. The minimum Gasteiger partial charge on any atom is -0.120 e. The third kappa shape index (κ3) is 1660. The molecule has 0 amide bonds. The van der Waals surface area contributed by atoms with Crippen molar-refractivity contribution in [2.45, 2.75) is 26.6 Å². The van der Waals surface area contributed by atoms with E-state index in [2.05, 4.69) is 32.0 Å². The standard InChI is InChI=1S/C3H10Si.C3H4/c1-4(2)3;1-3-2/h4H,1-3H3;1H,2H3. The Hall–Kier alpha value is -0.223. The molecule has 0 unspecified atom stereocenters. The van der Waals surface area contributed by atoms with Crippen molar-refractivity contribution in [2.75, 3.05) is 0 Å². The van der Waals surface area contributed by atoms with Crippen LogP contribution in [-0.2, 0) is 0 Å². The third-order valence-corrected chi connectivity index (χ3v) is 0. The normalized spacial score (nSPS) is 6.29. The van der Waals surface area contributed by atoms with E-state index in [1.165, 1.54) is 0 Å². The van der Waals surface area contributed by atoms with E-state index in [-0.39, 0.29) is 8.80 Å². The highest BCUT2D eigenvalue weighted by Crippen LogP contribution is 1.68. The van der Waals surface area contributed by atoms with Crippen LogP contribution in [0.25, 0.3) is 0 Å². The van der Waals surface area contributed by atoms with E-state index in [1.807, 2.05) is 0 Å². The number of terminal acetylenes is 1. The Morgan fingerprint density at radius 2 is 1.29 bits per heavy atom. The van der Waals surface area contributed by atoms with Crippen molar-refractivity contribution >= 4 is 8.80 Å². The van der Waals surface area contributed by atoms with Gasteiger partial charge in [-0.05, 0) is 6.92 Å². The van der Waals surface area contributed by atoms with Crippen LogP contribution in [0.3, 0.4) is 0 Å². The van der Waals surface area contributed by atoms with Gasteiger partial charge in [-0.2, -0.15) is 0 Å². The molecule has 0 radical (unpaired) electrons. The Labute approximate surface area is 48.5 Å². The van der Waals surface area contributed by atoms with Crippen molar-refractivity contribution < 1.29 is 0 Å². The average molecular weight is 114 g/mol. The fraction of sp³-hybridized carbons (Fsp3) is 0.667. The lowest BCUT2D eigenvalue weighted by Crippen LogP contribution is -1.84. The highest BCUT2D eigenvalue weighted by Gasteiger charge is 1.71. The lowest BCUT2D eigenvalue weighted by molar-refractivity contribution is 1.91. The van der Waals surface area contributed by atoms with E-state index in [0.717, 1.165) is 0 Å². The largest absolute Gasteiger partial charge is 0.120 e. The molecule has 0 aliphatic carbocycles. The van der Waals surface area contributed by atoms with Crippen molar-refractivity contribution in [3.05, 3.63) is 0 Å². The molecule has 0 saturated carbocycles. The summed E-state index contributed by atoms with van der Waals surface area (Å²) in [6.45, 7) is 8.57. The zero-order valence-electron chi connectivity index (χ0n) is 5.65. The van der Waals surface area contributed by atoms with Crippen molar-refractivity contribution in [2.24, 2.45) is 0 Å². The molecule has 0 rings (SSSR count). The van der Waals surface area contributed by atoms with Crippen LogP contribution in [0, 0.1) is 12.3 Å². The second-order valence-electron chi connectivity index (χ2n) is 2.02. The first kappa shape index (κ1) is 9.91. The maximum Gasteiger partial charge on any atom is 0.0274 e. The Balaban J connectivity index is 0. The Morgan fingerprint density at radius 3 is 1.29 bits per heavy atom. The van der Waals surface area contributed by atoms with Crippen molar-refractivity contribution in [3.8, 4) is 12.3 Å². The van der Waals surface area contributed by atoms with E-state index in [4.69, 9.17) is 0 Å². The van der Waals surface area contributed by atoms with Gasteiger partial charge in [0.05, 0.1) is 0 Å². The first-order chi connectivity index (χ1) is 3.15. The number of hydrogen-bond donors (Lipinski definition) is 0. The van der Waals surface area contributed by atoms with Gasteiger partial charge < -0.3 is 0 Å². The molecule has 0 aromatic carbocycles. The smallest absolute Gasteiger partial charge is 0.0274 e. The van der Waals surface area contributed by atoms with Crippen molar-refractivity contribution in [3.63, 3.8) is 0 Å². The van der Waals surface area contributed by atoms with Gasteiger partial charge in [0.25, 0.3) is 0 Å². The first-order valence-electron chi connectivity index (χ1n) is 2.52. The molecule has 0 saturated heterocycles. The van der Waals surface area contributed by atoms with Gasteiger partial charge in [-0.25, -0.2) is 0 Å². The van der Waals surface area contributed by atoms with Gasteiger partial charge in [-0.15, -0.1) is 12.3 Å². The molecule has 0 heterocycles. The molecule has 0 nitrogen and oxygen atoms in total. The summed E-state index contributed by atoms with van der Waals surface area (Å²) in [5.74, 6) is 2.25. The van der Waals surface area contributed by atoms with Gasteiger partial charge in [0.15, 0.2) is 0 Å². The molecule has 0 N–H and O–H groups in total. The quantitative estimate of drug-likeness (QED) is 0.332. The van der Waals surface area contributed by atoms with E-state index < -0.39 is 0 Å². The van der Waals surface area contributed by atoms with Crippen LogP contribution in [0.5, 0.6) is 0 Å². The van der Waals surface area contributed by atoms with Crippen LogP contribution in [0.15, 0.2) is 0 Å². The van der Waals surface area contributed by atoms with E-state index >= 15 is 0 Å².